The molecule has 1 unspecified atom stereocenters. The van der Waals surface area contributed by atoms with Crippen molar-refractivity contribution in [2.75, 3.05) is 0 Å². The second-order valence-corrected chi connectivity index (χ2v) is 20.4. The summed E-state index contributed by atoms with van der Waals surface area (Å²) >= 11 is 3.66. The molecule has 0 bridgehead atoms. The van der Waals surface area contributed by atoms with E-state index in [1.54, 1.807) is 0 Å². The van der Waals surface area contributed by atoms with Gasteiger partial charge in [-0.15, -0.1) is 22.7 Å². The van der Waals surface area contributed by atoms with Crippen molar-refractivity contribution in [3.8, 4) is 39.6 Å². The molecule has 0 amide bonds. The van der Waals surface area contributed by atoms with E-state index in [1.807, 2.05) is 22.7 Å². The number of para-hydroxylation sites is 1. The molecule has 6 heteroatoms. The largest absolute Gasteiger partial charge is 0.308 e. The van der Waals surface area contributed by atoms with Gasteiger partial charge in [0.1, 0.15) is 5.82 Å². The molecule has 4 aromatic heterocycles. The third-order valence-corrected chi connectivity index (χ3v) is 16.5. The monoisotopic (exact) mass is 918 g/mol. The molecular formula is C63H42N4S2. The van der Waals surface area contributed by atoms with Crippen LogP contribution in [0.25, 0.3) is 123 Å². The molecule has 14 rings (SSSR count). The number of rotatable bonds is 7. The number of aromatic nitrogens is 4. The van der Waals surface area contributed by atoms with Gasteiger partial charge in [-0.3, -0.25) is 0 Å². The lowest BCUT2D eigenvalue weighted by Crippen LogP contribution is -2.11. The zero-order chi connectivity index (χ0) is 45.7. The second-order valence-electron chi connectivity index (χ2n) is 18.2. The van der Waals surface area contributed by atoms with Gasteiger partial charge in [0.2, 0.25) is 0 Å². The Kier molecular flexibility index (Phi) is 9.16. The predicted octanol–water partition coefficient (Wildman–Crippen LogP) is 17.9. The number of thiophene rings is 2. The average Bonchev–Trinajstić information content (AvgIpc) is 4.06. The molecule has 10 aromatic carbocycles. The summed E-state index contributed by atoms with van der Waals surface area (Å²) in [6.07, 6.45) is 0.799. The van der Waals surface area contributed by atoms with Crippen LogP contribution in [0.1, 0.15) is 36.2 Å². The van der Waals surface area contributed by atoms with Gasteiger partial charge in [0.15, 0.2) is 11.6 Å². The van der Waals surface area contributed by atoms with Crippen LogP contribution in [0.5, 0.6) is 0 Å². The summed E-state index contributed by atoms with van der Waals surface area (Å²) in [6, 6.07) is 73.2. The van der Waals surface area contributed by atoms with Gasteiger partial charge >= 0.3 is 0 Å². The molecule has 0 fully saturated rings. The van der Waals surface area contributed by atoms with E-state index < -0.39 is 0 Å². The van der Waals surface area contributed by atoms with E-state index in [2.05, 4.69) is 219 Å². The highest BCUT2D eigenvalue weighted by Gasteiger charge is 2.27. The summed E-state index contributed by atoms with van der Waals surface area (Å²) in [4.78, 5) is 17.0. The van der Waals surface area contributed by atoms with Crippen LogP contribution < -0.4 is 0 Å². The fourth-order valence-electron chi connectivity index (χ4n) is 11.0. The van der Waals surface area contributed by atoms with Crippen molar-refractivity contribution in [1.82, 2.24) is 19.5 Å². The Bertz CT molecular complexity index is 4400. The summed E-state index contributed by atoms with van der Waals surface area (Å²) in [5.74, 6) is 1.97. The van der Waals surface area contributed by atoms with Crippen LogP contribution in [-0.2, 0) is 0 Å². The van der Waals surface area contributed by atoms with Gasteiger partial charge in [-0.05, 0) is 112 Å². The van der Waals surface area contributed by atoms with Crippen LogP contribution in [0.4, 0.5) is 0 Å². The molecule has 0 spiro atoms. The maximum Gasteiger partial charge on any atom is 0.165 e. The van der Waals surface area contributed by atoms with E-state index >= 15 is 0 Å². The lowest BCUT2D eigenvalue weighted by Gasteiger charge is -2.21. The van der Waals surface area contributed by atoms with Gasteiger partial charge in [-0.2, -0.15) is 0 Å². The first-order valence-corrected chi connectivity index (χ1v) is 25.3. The highest BCUT2D eigenvalue weighted by atomic mass is 32.1. The number of nitrogens with zero attached hydrogens (tertiary/aromatic N) is 4. The summed E-state index contributed by atoms with van der Waals surface area (Å²) in [6.45, 7) is 4.46. The van der Waals surface area contributed by atoms with Crippen LogP contribution in [0.2, 0.25) is 0 Å². The summed E-state index contributed by atoms with van der Waals surface area (Å²) in [5.41, 5.74) is 10.2. The lowest BCUT2D eigenvalue weighted by atomic mass is 9.87. The van der Waals surface area contributed by atoms with Gasteiger partial charge in [0.05, 0.1) is 16.7 Å². The number of aryl methyl sites for hydroxylation is 1. The third kappa shape index (κ3) is 6.36. The fourth-order valence-corrected chi connectivity index (χ4v) is 13.3. The van der Waals surface area contributed by atoms with E-state index in [1.165, 1.54) is 94.9 Å². The quantitative estimate of drug-likeness (QED) is 0.160. The van der Waals surface area contributed by atoms with Crippen LogP contribution in [-0.4, -0.2) is 19.5 Å². The van der Waals surface area contributed by atoms with E-state index in [0.29, 0.717) is 11.6 Å². The molecule has 14 aromatic rings. The molecule has 326 valence electrons. The standard InChI is InChI=1S/C63H42N4S2/c1-3-42(44-23-10-11-24-45(44)43-22-9-4-17-37(43)2)61-64-62(48-27-16-30-57-60(48)47-26-13-15-29-56(47)68-57)66-63(65-61)52-36-59-51(50-32-39-19-6-8-21-41(39)34-58(50)69-59)35-55(52)67-53-28-14-12-25-46(53)49-31-38-18-5-7-20-40(38)33-54(49)67/h4-36,42H,3H2,1-2H3. The van der Waals surface area contributed by atoms with Crippen LogP contribution in [0.3, 0.4) is 0 Å². The van der Waals surface area contributed by atoms with Crippen molar-refractivity contribution in [2.24, 2.45) is 0 Å². The van der Waals surface area contributed by atoms with Gasteiger partial charge in [-0.1, -0.05) is 153 Å². The number of benzene rings is 10. The van der Waals surface area contributed by atoms with E-state index in [0.717, 1.165) is 40.1 Å². The van der Waals surface area contributed by atoms with E-state index in [-0.39, 0.29) is 5.92 Å². The first kappa shape index (κ1) is 40.1. The van der Waals surface area contributed by atoms with Crippen molar-refractivity contribution in [1.29, 1.82) is 0 Å². The Labute approximate surface area is 406 Å². The average molecular weight is 919 g/mol. The van der Waals surface area contributed by atoms with Crippen molar-refractivity contribution in [3.05, 3.63) is 217 Å². The van der Waals surface area contributed by atoms with Crippen molar-refractivity contribution < 1.29 is 0 Å². The zero-order valence-electron chi connectivity index (χ0n) is 37.9. The van der Waals surface area contributed by atoms with Crippen LogP contribution in [0.15, 0.2) is 200 Å². The van der Waals surface area contributed by atoms with Gasteiger partial charge < -0.3 is 4.57 Å². The molecule has 0 saturated heterocycles. The predicted molar refractivity (Wildman–Crippen MR) is 295 cm³/mol. The number of hydrogen-bond acceptors (Lipinski definition) is 5. The molecule has 0 N–H and O–H groups in total. The van der Waals surface area contributed by atoms with Crippen molar-refractivity contribution in [3.63, 3.8) is 0 Å². The minimum atomic E-state index is -0.122. The molecule has 0 saturated carbocycles. The number of fused-ring (bicyclic) bond motifs is 11. The minimum Gasteiger partial charge on any atom is -0.308 e. The summed E-state index contributed by atoms with van der Waals surface area (Å²) in [7, 11) is 0. The summed E-state index contributed by atoms with van der Waals surface area (Å²) in [5, 5.41) is 12.2. The molecule has 4 heterocycles. The highest BCUT2D eigenvalue weighted by molar-refractivity contribution is 7.26. The Hall–Kier alpha value is -8.03. The number of hydrogen-bond donors (Lipinski definition) is 0. The van der Waals surface area contributed by atoms with Crippen LogP contribution >= 0.6 is 22.7 Å². The molecule has 0 aliphatic heterocycles. The molecule has 1 atom stereocenters. The van der Waals surface area contributed by atoms with Crippen molar-refractivity contribution in [2.45, 2.75) is 26.2 Å². The first-order chi connectivity index (χ1) is 34.1. The van der Waals surface area contributed by atoms with Gasteiger partial charge in [-0.25, -0.2) is 15.0 Å². The van der Waals surface area contributed by atoms with E-state index in [4.69, 9.17) is 15.0 Å². The first-order valence-electron chi connectivity index (χ1n) is 23.7. The third-order valence-electron chi connectivity index (χ3n) is 14.3. The molecule has 0 aliphatic rings. The lowest BCUT2D eigenvalue weighted by molar-refractivity contribution is 0.713. The maximum absolute atomic E-state index is 5.72. The Morgan fingerprint density at radius 2 is 1.00 bits per heavy atom. The molecule has 0 radical (unpaired) electrons. The maximum atomic E-state index is 5.72. The van der Waals surface area contributed by atoms with Gasteiger partial charge in [0.25, 0.3) is 0 Å². The second kappa shape index (κ2) is 15.8. The Morgan fingerprint density at radius 1 is 0.420 bits per heavy atom. The Balaban J connectivity index is 1.11. The SMILES string of the molecule is CCC(c1nc(-c2cc3sc4cc5ccccc5cc4c3cc2-n2c3ccccc3c3cc4ccccc4cc32)nc(-c2cccc3sc4ccccc4c23)n1)c1ccccc1-c1ccccc1C. The molecule has 69 heavy (non-hydrogen) atoms. The summed E-state index contributed by atoms with van der Waals surface area (Å²) < 4.78 is 7.38. The Morgan fingerprint density at radius 3 is 1.80 bits per heavy atom. The molecular weight excluding hydrogens is 877 g/mol. The van der Waals surface area contributed by atoms with Crippen LogP contribution in [0, 0.1) is 6.92 Å². The smallest absolute Gasteiger partial charge is 0.165 e. The normalized spacial score (nSPS) is 12.5. The minimum absolute atomic E-state index is 0.122. The molecule has 4 nitrogen and oxygen atoms in total. The molecule has 0 aliphatic carbocycles. The highest BCUT2D eigenvalue weighted by Crippen LogP contribution is 2.46. The van der Waals surface area contributed by atoms with E-state index in [9.17, 15) is 0 Å². The van der Waals surface area contributed by atoms with Gasteiger partial charge in [0, 0.05) is 68.2 Å². The zero-order valence-corrected chi connectivity index (χ0v) is 39.6. The fraction of sp³-hybridized carbons (Fsp3) is 0.0635. The topological polar surface area (TPSA) is 43.6 Å². The van der Waals surface area contributed by atoms with Crippen molar-refractivity contribution >= 4 is 106 Å².